The predicted molar refractivity (Wildman–Crippen MR) is 114 cm³/mol. The Balaban J connectivity index is 1.41. The van der Waals surface area contributed by atoms with E-state index in [4.69, 9.17) is 0 Å². The van der Waals surface area contributed by atoms with E-state index in [1.165, 1.54) is 12.1 Å². The van der Waals surface area contributed by atoms with E-state index < -0.39 is 15.8 Å². The average Bonchev–Trinajstić information content (AvgIpc) is 3.12. The van der Waals surface area contributed by atoms with Gasteiger partial charge in [0.05, 0.1) is 11.3 Å². The van der Waals surface area contributed by atoms with Gasteiger partial charge in [-0.3, -0.25) is 9.52 Å². The Morgan fingerprint density at radius 2 is 1.57 bits per heavy atom. The first kappa shape index (κ1) is 19.7. The molecule has 4 rings (SSSR count). The van der Waals surface area contributed by atoms with Crippen molar-refractivity contribution in [3.05, 3.63) is 90.4 Å². The smallest absolute Gasteiger partial charge is 0.261 e. The van der Waals surface area contributed by atoms with Crippen molar-refractivity contribution in [2.24, 2.45) is 0 Å². The zero-order valence-corrected chi connectivity index (χ0v) is 16.5. The third kappa shape index (κ3) is 4.33. The lowest BCUT2D eigenvalue weighted by atomic mass is 10.1. The van der Waals surface area contributed by atoms with Crippen molar-refractivity contribution in [2.45, 2.75) is 11.3 Å². The standard InChI is InChI=1S/C22H18FN3O3S/c23-16-5-11-19(12-6-16)30(28,29)26-18-9-7-17(8-10-18)25-22(27)13-15-14-24-21-4-2-1-3-20(15)21/h1-12,14,24,26H,13H2,(H,25,27). The lowest BCUT2D eigenvalue weighted by Gasteiger charge is -2.10. The molecule has 0 atom stereocenters. The molecule has 0 spiro atoms. The van der Waals surface area contributed by atoms with E-state index in [0.29, 0.717) is 11.4 Å². The van der Waals surface area contributed by atoms with Crippen LogP contribution in [-0.4, -0.2) is 19.3 Å². The van der Waals surface area contributed by atoms with E-state index in [0.717, 1.165) is 28.6 Å². The maximum atomic E-state index is 13.0. The number of aromatic amines is 1. The van der Waals surface area contributed by atoms with Crippen LogP contribution in [0.5, 0.6) is 0 Å². The van der Waals surface area contributed by atoms with Crippen molar-refractivity contribution in [3.8, 4) is 0 Å². The monoisotopic (exact) mass is 423 g/mol. The van der Waals surface area contributed by atoms with Crippen LogP contribution >= 0.6 is 0 Å². The molecule has 8 heteroatoms. The lowest BCUT2D eigenvalue weighted by Crippen LogP contribution is -2.15. The number of carbonyl (C=O) groups is 1. The molecule has 0 bridgehead atoms. The summed E-state index contributed by atoms with van der Waals surface area (Å²) in [5.74, 6) is -0.693. The number of carbonyl (C=O) groups excluding carboxylic acids is 1. The minimum atomic E-state index is -3.83. The summed E-state index contributed by atoms with van der Waals surface area (Å²) in [7, 11) is -3.83. The number of nitrogens with one attached hydrogen (secondary N) is 3. The first-order valence-corrected chi connectivity index (χ1v) is 10.6. The molecule has 1 amide bonds. The molecule has 0 unspecified atom stereocenters. The van der Waals surface area contributed by atoms with Crippen LogP contribution in [0.4, 0.5) is 15.8 Å². The summed E-state index contributed by atoms with van der Waals surface area (Å²) >= 11 is 0. The fraction of sp³-hybridized carbons (Fsp3) is 0.0455. The van der Waals surface area contributed by atoms with Crippen LogP contribution in [-0.2, 0) is 21.2 Å². The van der Waals surface area contributed by atoms with Crippen LogP contribution in [0.2, 0.25) is 0 Å². The summed E-state index contributed by atoms with van der Waals surface area (Å²) in [5.41, 5.74) is 2.74. The number of amides is 1. The van der Waals surface area contributed by atoms with E-state index in [9.17, 15) is 17.6 Å². The second kappa shape index (κ2) is 8.00. The lowest BCUT2D eigenvalue weighted by molar-refractivity contribution is -0.115. The minimum absolute atomic E-state index is 0.0417. The molecule has 152 valence electrons. The first-order valence-electron chi connectivity index (χ1n) is 9.14. The van der Waals surface area contributed by atoms with Gasteiger partial charge in [0.2, 0.25) is 5.91 Å². The molecule has 3 N–H and O–H groups in total. The fourth-order valence-electron chi connectivity index (χ4n) is 3.11. The Hall–Kier alpha value is -3.65. The van der Waals surface area contributed by atoms with E-state index in [1.807, 2.05) is 30.5 Å². The largest absolute Gasteiger partial charge is 0.361 e. The number of sulfonamides is 1. The number of halogens is 1. The number of H-pyrrole nitrogens is 1. The van der Waals surface area contributed by atoms with Crippen LogP contribution < -0.4 is 10.0 Å². The molecule has 1 aromatic heterocycles. The van der Waals surface area contributed by atoms with E-state index >= 15 is 0 Å². The first-order chi connectivity index (χ1) is 14.4. The Labute approximate surface area is 172 Å². The molecule has 3 aromatic carbocycles. The van der Waals surface area contributed by atoms with E-state index in [1.54, 1.807) is 24.3 Å². The third-order valence-corrected chi connectivity index (χ3v) is 5.97. The summed E-state index contributed by atoms with van der Waals surface area (Å²) in [6, 6.07) is 18.6. The van der Waals surface area contributed by atoms with E-state index in [2.05, 4.69) is 15.0 Å². The number of hydrogen-bond donors (Lipinski definition) is 3. The highest BCUT2D eigenvalue weighted by Crippen LogP contribution is 2.21. The van der Waals surface area contributed by atoms with Crippen LogP contribution in [0, 0.1) is 5.82 Å². The van der Waals surface area contributed by atoms with Gasteiger partial charge < -0.3 is 10.3 Å². The maximum absolute atomic E-state index is 13.0. The summed E-state index contributed by atoms with van der Waals surface area (Å²) in [4.78, 5) is 15.5. The highest BCUT2D eigenvalue weighted by atomic mass is 32.2. The number of para-hydroxylation sites is 1. The van der Waals surface area contributed by atoms with Crippen molar-refractivity contribution in [2.75, 3.05) is 10.0 Å². The van der Waals surface area contributed by atoms with Gasteiger partial charge in [0, 0.05) is 28.5 Å². The molecule has 30 heavy (non-hydrogen) atoms. The second-order valence-electron chi connectivity index (χ2n) is 6.72. The molecule has 0 aliphatic carbocycles. The van der Waals surface area contributed by atoms with Gasteiger partial charge in [-0.15, -0.1) is 0 Å². The molecule has 0 radical (unpaired) electrons. The normalized spacial score (nSPS) is 11.4. The zero-order valence-electron chi connectivity index (χ0n) is 15.7. The predicted octanol–water partition coefficient (Wildman–Crippen LogP) is 4.29. The number of aromatic nitrogens is 1. The van der Waals surface area contributed by atoms with Gasteiger partial charge in [0.1, 0.15) is 5.82 Å². The molecule has 0 saturated carbocycles. The minimum Gasteiger partial charge on any atom is -0.361 e. The van der Waals surface area contributed by atoms with Crippen LogP contribution in [0.1, 0.15) is 5.56 Å². The topological polar surface area (TPSA) is 91.1 Å². The van der Waals surface area contributed by atoms with Gasteiger partial charge in [0.15, 0.2) is 0 Å². The number of anilines is 2. The molecule has 1 heterocycles. The quantitative estimate of drug-likeness (QED) is 0.432. The Morgan fingerprint density at radius 1 is 0.900 bits per heavy atom. The van der Waals surface area contributed by atoms with Crippen LogP contribution in [0.3, 0.4) is 0 Å². The summed E-state index contributed by atoms with van der Waals surface area (Å²) in [5, 5.41) is 3.80. The zero-order chi connectivity index (χ0) is 21.1. The highest BCUT2D eigenvalue weighted by molar-refractivity contribution is 7.92. The Bertz CT molecular complexity index is 1300. The molecule has 0 saturated heterocycles. The molecular formula is C22H18FN3O3S. The van der Waals surface area contributed by atoms with E-state index in [-0.39, 0.29) is 17.2 Å². The SMILES string of the molecule is O=C(Cc1c[nH]c2ccccc12)Nc1ccc(NS(=O)(=O)c2ccc(F)cc2)cc1. The van der Waals surface area contributed by atoms with Crippen molar-refractivity contribution in [3.63, 3.8) is 0 Å². The van der Waals surface area contributed by atoms with Crippen molar-refractivity contribution >= 4 is 38.2 Å². The number of fused-ring (bicyclic) bond motifs is 1. The van der Waals surface area contributed by atoms with Gasteiger partial charge in [-0.2, -0.15) is 0 Å². The van der Waals surface area contributed by atoms with Gasteiger partial charge in [-0.05, 0) is 60.2 Å². The molecule has 4 aromatic rings. The molecule has 6 nitrogen and oxygen atoms in total. The van der Waals surface area contributed by atoms with Crippen molar-refractivity contribution in [1.29, 1.82) is 0 Å². The number of hydrogen-bond acceptors (Lipinski definition) is 3. The van der Waals surface area contributed by atoms with Gasteiger partial charge in [-0.25, -0.2) is 12.8 Å². The summed E-state index contributed by atoms with van der Waals surface area (Å²) in [6.45, 7) is 0. The van der Waals surface area contributed by atoms with Gasteiger partial charge in [0.25, 0.3) is 10.0 Å². The molecular weight excluding hydrogens is 405 g/mol. The van der Waals surface area contributed by atoms with Gasteiger partial charge >= 0.3 is 0 Å². The van der Waals surface area contributed by atoms with Crippen LogP contribution in [0.15, 0.2) is 83.9 Å². The van der Waals surface area contributed by atoms with Crippen LogP contribution in [0.25, 0.3) is 10.9 Å². The average molecular weight is 423 g/mol. The number of benzene rings is 3. The van der Waals surface area contributed by atoms with Crippen molar-refractivity contribution in [1.82, 2.24) is 4.98 Å². The third-order valence-electron chi connectivity index (χ3n) is 4.57. The summed E-state index contributed by atoms with van der Waals surface area (Å²) < 4.78 is 40.1. The maximum Gasteiger partial charge on any atom is 0.261 e. The number of rotatable bonds is 6. The molecule has 0 fully saturated rings. The Morgan fingerprint density at radius 3 is 2.30 bits per heavy atom. The van der Waals surface area contributed by atoms with Crippen molar-refractivity contribution < 1.29 is 17.6 Å². The summed E-state index contributed by atoms with van der Waals surface area (Å²) in [6.07, 6.45) is 2.03. The molecule has 0 aliphatic heterocycles. The second-order valence-corrected chi connectivity index (χ2v) is 8.40. The molecule has 0 aliphatic rings. The van der Waals surface area contributed by atoms with Gasteiger partial charge in [-0.1, -0.05) is 18.2 Å². The fourth-order valence-corrected chi connectivity index (χ4v) is 4.16. The Kier molecular flexibility index (Phi) is 5.24. The highest BCUT2D eigenvalue weighted by Gasteiger charge is 2.14.